The van der Waals surface area contributed by atoms with Gasteiger partial charge in [-0.25, -0.2) is 4.79 Å². The van der Waals surface area contributed by atoms with Gasteiger partial charge >= 0.3 is 5.97 Å². The highest BCUT2D eigenvalue weighted by molar-refractivity contribution is 5.90. The highest BCUT2D eigenvalue weighted by atomic mass is 16.6. The summed E-state index contributed by atoms with van der Waals surface area (Å²) >= 11 is 0. The van der Waals surface area contributed by atoms with Gasteiger partial charge in [-0.05, 0) is 36.4 Å². The van der Waals surface area contributed by atoms with Crippen molar-refractivity contribution in [2.75, 3.05) is 0 Å². The standard InChI is InChI=1S/C18H12N2O5/c21-18(13-8-10-19-11-9-13)25-17-3-1-2-16(12-17)24-15-6-4-14(5-7-15)20(22)23/h1-12H. The first-order valence-electron chi connectivity index (χ1n) is 7.26. The van der Waals surface area contributed by atoms with E-state index < -0.39 is 10.9 Å². The first-order valence-corrected chi connectivity index (χ1v) is 7.26. The first-order chi connectivity index (χ1) is 12.1. The van der Waals surface area contributed by atoms with Crippen LogP contribution in [0.1, 0.15) is 10.4 Å². The summed E-state index contributed by atoms with van der Waals surface area (Å²) in [6.07, 6.45) is 3.01. The molecule has 0 fully saturated rings. The topological polar surface area (TPSA) is 91.6 Å². The second-order valence-electron chi connectivity index (χ2n) is 4.95. The fourth-order valence-electron chi connectivity index (χ4n) is 2.03. The number of nitro groups is 1. The van der Waals surface area contributed by atoms with Gasteiger partial charge in [-0.1, -0.05) is 6.07 Å². The van der Waals surface area contributed by atoms with E-state index in [-0.39, 0.29) is 5.69 Å². The summed E-state index contributed by atoms with van der Waals surface area (Å²) in [6.45, 7) is 0. The Labute approximate surface area is 142 Å². The van der Waals surface area contributed by atoms with Crippen molar-refractivity contribution in [3.05, 3.63) is 88.7 Å². The Bertz CT molecular complexity index is 895. The van der Waals surface area contributed by atoms with Crippen molar-refractivity contribution in [3.63, 3.8) is 0 Å². The predicted molar refractivity (Wildman–Crippen MR) is 88.8 cm³/mol. The molecule has 0 saturated heterocycles. The smallest absolute Gasteiger partial charge is 0.343 e. The van der Waals surface area contributed by atoms with Gasteiger partial charge in [0.25, 0.3) is 5.69 Å². The Morgan fingerprint density at radius 2 is 1.60 bits per heavy atom. The maximum atomic E-state index is 12.0. The van der Waals surface area contributed by atoms with E-state index in [1.807, 2.05) is 0 Å². The Morgan fingerprint density at radius 1 is 0.920 bits per heavy atom. The number of aromatic nitrogens is 1. The number of nitro benzene ring substituents is 1. The molecule has 3 rings (SSSR count). The number of hydrogen-bond donors (Lipinski definition) is 0. The third-order valence-electron chi connectivity index (χ3n) is 3.22. The quantitative estimate of drug-likeness (QED) is 0.303. The van der Waals surface area contributed by atoms with Gasteiger partial charge in [-0.3, -0.25) is 15.1 Å². The van der Waals surface area contributed by atoms with E-state index in [1.165, 1.54) is 36.7 Å². The molecule has 0 aliphatic heterocycles. The molecular formula is C18H12N2O5. The van der Waals surface area contributed by atoms with Gasteiger partial charge in [-0.2, -0.15) is 0 Å². The van der Waals surface area contributed by atoms with Crippen LogP contribution in [-0.4, -0.2) is 15.9 Å². The lowest BCUT2D eigenvalue weighted by Crippen LogP contribution is -2.08. The van der Waals surface area contributed by atoms with Crippen LogP contribution in [0.25, 0.3) is 0 Å². The van der Waals surface area contributed by atoms with Crippen LogP contribution in [0.4, 0.5) is 5.69 Å². The largest absolute Gasteiger partial charge is 0.457 e. The summed E-state index contributed by atoms with van der Waals surface area (Å²) in [6, 6.07) is 15.3. The molecule has 0 bridgehead atoms. The van der Waals surface area contributed by atoms with Gasteiger partial charge < -0.3 is 9.47 Å². The summed E-state index contributed by atoms with van der Waals surface area (Å²) in [5, 5.41) is 10.6. The third-order valence-corrected chi connectivity index (χ3v) is 3.22. The zero-order valence-corrected chi connectivity index (χ0v) is 12.9. The predicted octanol–water partition coefficient (Wildman–Crippen LogP) is 4.00. The average Bonchev–Trinajstić information content (AvgIpc) is 2.63. The molecule has 0 aliphatic rings. The van der Waals surface area contributed by atoms with Crippen LogP contribution in [-0.2, 0) is 0 Å². The molecule has 0 aliphatic carbocycles. The van der Waals surface area contributed by atoms with Crippen LogP contribution >= 0.6 is 0 Å². The molecule has 1 aromatic heterocycles. The number of carbonyl (C=O) groups is 1. The normalized spacial score (nSPS) is 10.1. The molecule has 0 spiro atoms. The minimum atomic E-state index is -0.505. The van der Waals surface area contributed by atoms with Crippen LogP contribution in [0.3, 0.4) is 0 Å². The van der Waals surface area contributed by atoms with Crippen molar-refractivity contribution in [2.45, 2.75) is 0 Å². The highest BCUT2D eigenvalue weighted by Crippen LogP contribution is 2.27. The molecule has 7 heteroatoms. The minimum absolute atomic E-state index is 0.0209. The maximum Gasteiger partial charge on any atom is 0.343 e. The minimum Gasteiger partial charge on any atom is -0.457 e. The molecule has 0 saturated carbocycles. The Kier molecular flexibility index (Phi) is 4.66. The van der Waals surface area contributed by atoms with Gasteiger partial charge in [0.1, 0.15) is 17.2 Å². The van der Waals surface area contributed by atoms with Crippen molar-refractivity contribution in [2.24, 2.45) is 0 Å². The van der Waals surface area contributed by atoms with E-state index in [9.17, 15) is 14.9 Å². The molecule has 7 nitrogen and oxygen atoms in total. The molecule has 3 aromatic rings. The van der Waals surface area contributed by atoms with E-state index in [2.05, 4.69) is 4.98 Å². The fraction of sp³-hybridized carbons (Fsp3) is 0. The SMILES string of the molecule is O=C(Oc1cccc(Oc2ccc([N+](=O)[O-])cc2)c1)c1ccncc1. The Hall–Kier alpha value is -3.74. The molecule has 0 radical (unpaired) electrons. The van der Waals surface area contributed by atoms with Crippen molar-refractivity contribution in [1.29, 1.82) is 0 Å². The zero-order valence-electron chi connectivity index (χ0n) is 12.9. The lowest BCUT2D eigenvalue weighted by molar-refractivity contribution is -0.384. The van der Waals surface area contributed by atoms with Gasteiger partial charge in [0, 0.05) is 30.6 Å². The van der Waals surface area contributed by atoms with E-state index in [0.717, 1.165) is 0 Å². The number of non-ortho nitro benzene ring substituents is 1. The van der Waals surface area contributed by atoms with Crippen molar-refractivity contribution in [1.82, 2.24) is 4.98 Å². The Balaban J connectivity index is 1.71. The van der Waals surface area contributed by atoms with Crippen molar-refractivity contribution < 1.29 is 19.2 Å². The van der Waals surface area contributed by atoms with Gasteiger partial charge in [0.05, 0.1) is 10.5 Å². The maximum absolute atomic E-state index is 12.0. The number of esters is 1. The summed E-state index contributed by atoms with van der Waals surface area (Å²) in [5.74, 6) is 0.688. The molecule has 2 aromatic carbocycles. The number of nitrogens with zero attached hydrogens (tertiary/aromatic N) is 2. The molecule has 25 heavy (non-hydrogen) atoms. The van der Waals surface area contributed by atoms with Crippen LogP contribution in [0.2, 0.25) is 0 Å². The average molecular weight is 336 g/mol. The van der Waals surface area contributed by atoms with Crippen LogP contribution in [0, 0.1) is 10.1 Å². The summed E-state index contributed by atoms with van der Waals surface area (Å²) in [7, 11) is 0. The molecule has 0 amide bonds. The molecule has 0 N–H and O–H groups in total. The monoisotopic (exact) mass is 336 g/mol. The number of rotatable bonds is 5. The van der Waals surface area contributed by atoms with Crippen LogP contribution < -0.4 is 9.47 Å². The number of pyridine rings is 1. The first kappa shape index (κ1) is 16.1. The molecule has 124 valence electrons. The number of carbonyl (C=O) groups excluding carboxylic acids is 1. The van der Waals surface area contributed by atoms with E-state index >= 15 is 0 Å². The second-order valence-corrected chi connectivity index (χ2v) is 4.95. The lowest BCUT2D eigenvalue weighted by Gasteiger charge is -2.08. The molecular weight excluding hydrogens is 324 g/mol. The number of hydrogen-bond acceptors (Lipinski definition) is 6. The van der Waals surface area contributed by atoms with Gasteiger partial charge in [0.15, 0.2) is 0 Å². The zero-order chi connectivity index (χ0) is 17.6. The molecule has 0 unspecified atom stereocenters. The summed E-state index contributed by atoms with van der Waals surface area (Å²) in [5.41, 5.74) is 0.365. The lowest BCUT2D eigenvalue weighted by atomic mass is 10.2. The number of ether oxygens (including phenoxy) is 2. The summed E-state index contributed by atoms with van der Waals surface area (Å²) in [4.78, 5) is 26.0. The molecule has 1 heterocycles. The van der Waals surface area contributed by atoms with E-state index in [4.69, 9.17) is 9.47 Å². The second kappa shape index (κ2) is 7.22. The van der Waals surface area contributed by atoms with Crippen molar-refractivity contribution >= 4 is 11.7 Å². The van der Waals surface area contributed by atoms with E-state index in [1.54, 1.807) is 36.4 Å². The highest BCUT2D eigenvalue weighted by Gasteiger charge is 2.09. The van der Waals surface area contributed by atoms with E-state index in [0.29, 0.717) is 22.8 Å². The molecule has 0 atom stereocenters. The fourth-order valence-corrected chi connectivity index (χ4v) is 2.03. The number of benzene rings is 2. The van der Waals surface area contributed by atoms with Crippen LogP contribution in [0.5, 0.6) is 17.2 Å². The van der Waals surface area contributed by atoms with Gasteiger partial charge in [-0.15, -0.1) is 0 Å². The van der Waals surface area contributed by atoms with Gasteiger partial charge in [0.2, 0.25) is 0 Å². The Morgan fingerprint density at radius 3 is 2.28 bits per heavy atom. The van der Waals surface area contributed by atoms with Crippen LogP contribution in [0.15, 0.2) is 73.1 Å². The third kappa shape index (κ3) is 4.17. The summed E-state index contributed by atoms with van der Waals surface area (Å²) < 4.78 is 10.9. The van der Waals surface area contributed by atoms with Crippen molar-refractivity contribution in [3.8, 4) is 17.2 Å².